The third-order valence-corrected chi connectivity index (χ3v) is 10.1. The van der Waals surface area contributed by atoms with E-state index in [4.69, 9.17) is 14.2 Å². The van der Waals surface area contributed by atoms with E-state index in [9.17, 15) is 18.0 Å². The zero-order valence-corrected chi connectivity index (χ0v) is 27.6. The van der Waals surface area contributed by atoms with Crippen molar-refractivity contribution in [3.63, 3.8) is 0 Å². The van der Waals surface area contributed by atoms with Gasteiger partial charge in [-0.05, 0) is 44.4 Å². The second kappa shape index (κ2) is 14.8. The fourth-order valence-electron chi connectivity index (χ4n) is 5.72. The number of anilines is 2. The van der Waals surface area contributed by atoms with Crippen LogP contribution in [0, 0.1) is 5.41 Å². The van der Waals surface area contributed by atoms with Gasteiger partial charge in [0, 0.05) is 29.8 Å². The number of rotatable bonds is 13. The van der Waals surface area contributed by atoms with Crippen molar-refractivity contribution in [2.75, 3.05) is 30.9 Å². The molecule has 9 nitrogen and oxygen atoms in total. The highest BCUT2D eigenvalue weighted by atomic mass is 32.2. The number of para-hydroxylation sites is 1. The van der Waals surface area contributed by atoms with Crippen molar-refractivity contribution >= 4 is 33.1 Å². The number of nitrogens with one attached hydrogen (secondary N) is 1. The van der Waals surface area contributed by atoms with Gasteiger partial charge < -0.3 is 24.4 Å². The van der Waals surface area contributed by atoms with Crippen molar-refractivity contribution in [3.05, 3.63) is 78.4 Å². The van der Waals surface area contributed by atoms with E-state index < -0.39 is 39.8 Å². The monoisotopic (exact) mass is 636 g/mol. The lowest BCUT2D eigenvalue weighted by molar-refractivity contribution is -0.145. The van der Waals surface area contributed by atoms with E-state index >= 15 is 0 Å². The largest absolute Gasteiger partial charge is 0.487 e. The average molecular weight is 637 g/mol. The molecule has 242 valence electrons. The first kappa shape index (κ1) is 33.8. The van der Waals surface area contributed by atoms with E-state index in [0.717, 1.165) is 24.9 Å². The second-order valence-corrected chi connectivity index (χ2v) is 13.8. The number of carbonyl (C=O) groups excluding carboxylic acids is 2. The van der Waals surface area contributed by atoms with Gasteiger partial charge in [0.25, 0.3) is 5.91 Å². The summed E-state index contributed by atoms with van der Waals surface area (Å²) in [4.78, 5) is 27.8. The Bertz CT molecular complexity index is 1560. The fraction of sp³-hybridized carbons (Fsp3) is 0.429. The molecule has 2 atom stereocenters. The molecule has 1 N–H and O–H groups in total. The first-order valence-electron chi connectivity index (χ1n) is 15.5. The quantitative estimate of drug-likeness (QED) is 0.215. The van der Waals surface area contributed by atoms with Crippen molar-refractivity contribution in [1.29, 1.82) is 0 Å². The summed E-state index contributed by atoms with van der Waals surface area (Å²) >= 11 is 0. The molecule has 1 amide bonds. The molecule has 0 bridgehead atoms. The number of amides is 1. The summed E-state index contributed by atoms with van der Waals surface area (Å²) in [7, 11) is -2.53. The van der Waals surface area contributed by atoms with Crippen LogP contribution in [0.1, 0.15) is 65.0 Å². The van der Waals surface area contributed by atoms with Crippen LogP contribution in [0.2, 0.25) is 0 Å². The minimum atomic E-state index is -3.78. The number of fused-ring (bicyclic) bond motifs is 1. The topological polar surface area (TPSA) is 111 Å². The van der Waals surface area contributed by atoms with Crippen LogP contribution < -0.4 is 19.7 Å². The molecule has 1 unspecified atom stereocenters. The number of benzene rings is 3. The Balaban J connectivity index is 1.74. The average Bonchev–Trinajstić information content (AvgIpc) is 3.13. The molecule has 0 spiro atoms. The Hall–Kier alpha value is -4.05. The van der Waals surface area contributed by atoms with Gasteiger partial charge in [-0.25, -0.2) is 13.2 Å². The van der Waals surface area contributed by atoms with E-state index in [2.05, 4.69) is 24.1 Å². The minimum Gasteiger partial charge on any atom is -0.487 e. The summed E-state index contributed by atoms with van der Waals surface area (Å²) in [5.74, 6) is -0.774. The van der Waals surface area contributed by atoms with Gasteiger partial charge in [-0.1, -0.05) is 75.2 Å². The summed E-state index contributed by atoms with van der Waals surface area (Å²) in [6, 6.07) is 20.7. The van der Waals surface area contributed by atoms with Crippen LogP contribution in [-0.4, -0.2) is 52.4 Å². The lowest BCUT2D eigenvalue weighted by atomic mass is 9.81. The summed E-state index contributed by atoms with van der Waals surface area (Å²) in [6.07, 6.45) is 3.10. The molecular formula is C35H44N2O7S. The van der Waals surface area contributed by atoms with Crippen molar-refractivity contribution in [2.45, 2.75) is 70.4 Å². The van der Waals surface area contributed by atoms with Gasteiger partial charge in [-0.2, -0.15) is 0 Å². The number of esters is 1. The van der Waals surface area contributed by atoms with Gasteiger partial charge in [-0.3, -0.25) is 4.79 Å². The first-order chi connectivity index (χ1) is 21.5. The predicted octanol–water partition coefficient (Wildman–Crippen LogP) is 6.40. The van der Waals surface area contributed by atoms with Crippen LogP contribution in [0.25, 0.3) is 0 Å². The smallest absolute Gasteiger partial charge is 0.333 e. The maximum Gasteiger partial charge on any atom is 0.333 e. The van der Waals surface area contributed by atoms with Gasteiger partial charge in [0.1, 0.15) is 0 Å². The Morgan fingerprint density at radius 2 is 1.64 bits per heavy atom. The lowest BCUT2D eigenvalue weighted by Gasteiger charge is -2.36. The normalized spacial score (nSPS) is 18.0. The molecule has 3 aromatic carbocycles. The molecule has 45 heavy (non-hydrogen) atoms. The molecule has 1 aliphatic heterocycles. The summed E-state index contributed by atoms with van der Waals surface area (Å²) in [5.41, 5.74) is 1.48. The molecule has 0 aliphatic carbocycles. The van der Waals surface area contributed by atoms with Gasteiger partial charge in [0.2, 0.25) is 0 Å². The molecule has 0 saturated heterocycles. The number of hydrogen-bond donors (Lipinski definition) is 1. The number of hydrogen-bond acceptors (Lipinski definition) is 8. The van der Waals surface area contributed by atoms with Gasteiger partial charge in [0.15, 0.2) is 34.0 Å². The third-order valence-electron chi connectivity index (χ3n) is 8.12. The molecule has 0 saturated carbocycles. The van der Waals surface area contributed by atoms with Crippen LogP contribution in [0.5, 0.6) is 11.5 Å². The third kappa shape index (κ3) is 8.16. The predicted molar refractivity (Wildman–Crippen MR) is 175 cm³/mol. The molecular weight excluding hydrogens is 592 g/mol. The van der Waals surface area contributed by atoms with Crippen molar-refractivity contribution in [1.82, 2.24) is 5.32 Å². The van der Waals surface area contributed by atoms with Crippen LogP contribution in [0.15, 0.2) is 77.7 Å². The second-order valence-electron chi connectivity index (χ2n) is 11.8. The first-order valence-corrected chi connectivity index (χ1v) is 17.1. The van der Waals surface area contributed by atoms with Crippen molar-refractivity contribution in [2.24, 2.45) is 5.41 Å². The number of unbranched alkanes of at least 4 members (excludes halogenated alkanes) is 1. The Labute approximate surface area is 266 Å². The SMILES string of the molecule is CCCCC1(CC)CN(c2ccccc2)c2cc(OC(C)C)c(OCC(=O)N[C@@H](C(=O)OC)c3ccccc3)cc2S(=O)(=O)C1. The number of nitrogens with zero attached hydrogens (tertiary/aromatic N) is 1. The molecule has 4 rings (SSSR count). The molecule has 0 radical (unpaired) electrons. The van der Waals surface area contributed by atoms with Gasteiger partial charge in [-0.15, -0.1) is 0 Å². The van der Waals surface area contributed by atoms with E-state index in [-0.39, 0.29) is 22.5 Å². The van der Waals surface area contributed by atoms with E-state index in [1.807, 2.05) is 44.2 Å². The maximum absolute atomic E-state index is 14.2. The molecule has 10 heteroatoms. The summed E-state index contributed by atoms with van der Waals surface area (Å²) in [6.45, 7) is 7.94. The molecule has 1 heterocycles. The number of sulfone groups is 1. The number of carbonyl (C=O) groups is 2. The number of methoxy groups -OCH3 is 1. The zero-order valence-electron chi connectivity index (χ0n) is 26.7. The highest BCUT2D eigenvalue weighted by Crippen LogP contribution is 2.47. The van der Waals surface area contributed by atoms with Crippen LogP contribution in [-0.2, 0) is 24.2 Å². The highest BCUT2D eigenvalue weighted by molar-refractivity contribution is 7.91. The maximum atomic E-state index is 14.2. The Morgan fingerprint density at radius 1 is 0.978 bits per heavy atom. The Kier molecular flexibility index (Phi) is 11.1. The number of ether oxygens (including phenoxy) is 3. The fourth-order valence-corrected chi connectivity index (χ4v) is 7.89. The van der Waals surface area contributed by atoms with E-state index in [1.54, 1.807) is 36.4 Å². The zero-order chi connectivity index (χ0) is 32.6. The van der Waals surface area contributed by atoms with Gasteiger partial charge in [0.05, 0.1) is 29.5 Å². The van der Waals surface area contributed by atoms with Crippen LogP contribution in [0.3, 0.4) is 0 Å². The van der Waals surface area contributed by atoms with Crippen LogP contribution in [0.4, 0.5) is 11.4 Å². The highest BCUT2D eigenvalue weighted by Gasteiger charge is 2.42. The van der Waals surface area contributed by atoms with E-state index in [0.29, 0.717) is 30.0 Å². The molecule has 3 aromatic rings. The van der Waals surface area contributed by atoms with Crippen molar-refractivity contribution < 1.29 is 32.2 Å². The minimum absolute atomic E-state index is 0.00493. The molecule has 1 aliphatic rings. The van der Waals surface area contributed by atoms with Gasteiger partial charge >= 0.3 is 5.97 Å². The Morgan fingerprint density at radius 3 is 2.24 bits per heavy atom. The standard InChI is InChI=1S/C35H44N2O7S/c1-6-8-19-35(7-2)23-37(27-17-13-10-14-18-27)28-20-30(44-25(3)4)29(21-31(28)45(40,41)24-35)43-22-32(38)36-33(34(39)42-5)26-15-11-9-12-16-26/h9-18,20-21,25,33H,6-8,19,22-24H2,1-5H3,(H,36,38)/t33-,35?/m1/s1. The van der Waals surface area contributed by atoms with E-state index in [1.165, 1.54) is 13.2 Å². The molecule has 0 fully saturated rings. The van der Waals surface area contributed by atoms with Crippen molar-refractivity contribution in [3.8, 4) is 11.5 Å². The lowest BCUT2D eigenvalue weighted by Crippen LogP contribution is -2.37. The molecule has 0 aromatic heterocycles. The summed E-state index contributed by atoms with van der Waals surface area (Å²) < 4.78 is 45.4. The van der Waals surface area contributed by atoms with Crippen LogP contribution >= 0.6 is 0 Å². The summed E-state index contributed by atoms with van der Waals surface area (Å²) in [5, 5.41) is 2.66.